The van der Waals surface area contributed by atoms with Crippen LogP contribution in [0.3, 0.4) is 0 Å². The van der Waals surface area contributed by atoms with Gasteiger partial charge in [-0.05, 0) is 36.8 Å². The molecule has 2 aromatic rings. The van der Waals surface area contributed by atoms with Crippen LogP contribution in [-0.2, 0) is 0 Å². The summed E-state index contributed by atoms with van der Waals surface area (Å²) in [5, 5.41) is 1.12. The first-order chi connectivity index (χ1) is 9.93. The monoisotopic (exact) mass is 347 g/mol. The maximum atomic E-state index is 13.9. The van der Waals surface area contributed by atoms with Crippen LogP contribution in [0.5, 0.6) is 5.75 Å². The summed E-state index contributed by atoms with van der Waals surface area (Å²) in [4.78, 5) is 0. The molecular formula is C15H13Cl3FNO. The summed E-state index contributed by atoms with van der Waals surface area (Å²) in [7, 11) is 0. The molecular weight excluding hydrogens is 336 g/mol. The molecule has 0 aliphatic rings. The van der Waals surface area contributed by atoms with Crippen LogP contribution in [0.1, 0.15) is 24.1 Å². The second-order valence-electron chi connectivity index (χ2n) is 4.38. The van der Waals surface area contributed by atoms with Crippen LogP contribution in [0.4, 0.5) is 4.39 Å². The van der Waals surface area contributed by atoms with Crippen molar-refractivity contribution in [3.63, 3.8) is 0 Å². The molecule has 2 nitrogen and oxygen atoms in total. The molecule has 0 radical (unpaired) electrons. The highest BCUT2D eigenvalue weighted by molar-refractivity contribution is 6.34. The van der Waals surface area contributed by atoms with Gasteiger partial charge in [0, 0.05) is 21.7 Å². The van der Waals surface area contributed by atoms with Crippen LogP contribution in [0, 0.1) is 5.82 Å². The highest BCUT2D eigenvalue weighted by Gasteiger charge is 2.19. The summed E-state index contributed by atoms with van der Waals surface area (Å²) in [6, 6.07) is 6.58. The van der Waals surface area contributed by atoms with Gasteiger partial charge in [0.15, 0.2) is 0 Å². The normalized spacial score (nSPS) is 12.3. The Labute approximate surface area is 137 Å². The van der Waals surface area contributed by atoms with E-state index in [2.05, 4.69) is 0 Å². The number of rotatable bonds is 4. The van der Waals surface area contributed by atoms with E-state index >= 15 is 0 Å². The van der Waals surface area contributed by atoms with Gasteiger partial charge in [0.25, 0.3) is 0 Å². The molecule has 2 aromatic carbocycles. The Morgan fingerprint density at radius 3 is 2.48 bits per heavy atom. The molecule has 0 saturated heterocycles. The van der Waals surface area contributed by atoms with Crippen molar-refractivity contribution < 1.29 is 9.13 Å². The molecule has 6 heteroatoms. The molecule has 1 atom stereocenters. The summed E-state index contributed by atoms with van der Waals surface area (Å²) in [6.45, 7) is 2.30. The van der Waals surface area contributed by atoms with Crippen LogP contribution in [0.2, 0.25) is 15.1 Å². The SMILES string of the molecule is CCOc1cc(Cl)c(C(N)c2cc(Cl)ccc2F)cc1Cl. The zero-order valence-electron chi connectivity index (χ0n) is 11.2. The minimum Gasteiger partial charge on any atom is -0.492 e. The van der Waals surface area contributed by atoms with E-state index in [4.69, 9.17) is 45.3 Å². The van der Waals surface area contributed by atoms with Gasteiger partial charge in [-0.2, -0.15) is 0 Å². The summed E-state index contributed by atoms with van der Waals surface area (Å²) < 4.78 is 19.2. The van der Waals surface area contributed by atoms with Gasteiger partial charge in [-0.25, -0.2) is 4.39 Å². The maximum Gasteiger partial charge on any atom is 0.139 e. The molecule has 0 spiro atoms. The van der Waals surface area contributed by atoms with Crippen molar-refractivity contribution in [2.24, 2.45) is 5.73 Å². The molecule has 21 heavy (non-hydrogen) atoms. The van der Waals surface area contributed by atoms with Crippen molar-refractivity contribution in [2.45, 2.75) is 13.0 Å². The van der Waals surface area contributed by atoms with E-state index < -0.39 is 11.9 Å². The largest absolute Gasteiger partial charge is 0.492 e. The lowest BCUT2D eigenvalue weighted by atomic mass is 9.99. The average molecular weight is 349 g/mol. The number of halogens is 4. The zero-order valence-corrected chi connectivity index (χ0v) is 13.4. The lowest BCUT2D eigenvalue weighted by molar-refractivity contribution is 0.340. The Balaban J connectivity index is 2.46. The smallest absolute Gasteiger partial charge is 0.139 e. The van der Waals surface area contributed by atoms with Gasteiger partial charge in [0.2, 0.25) is 0 Å². The van der Waals surface area contributed by atoms with E-state index in [0.717, 1.165) is 0 Å². The van der Waals surface area contributed by atoms with Gasteiger partial charge in [-0.15, -0.1) is 0 Å². The fourth-order valence-corrected chi connectivity index (χ4v) is 2.65. The van der Waals surface area contributed by atoms with Crippen molar-refractivity contribution in [3.8, 4) is 5.75 Å². The first-order valence-electron chi connectivity index (χ1n) is 6.26. The standard InChI is InChI=1S/C15H13Cl3FNO/c1-2-21-14-7-11(17)9(6-12(14)18)15(20)10-5-8(16)3-4-13(10)19/h3-7,15H,2,20H2,1H3. The lowest BCUT2D eigenvalue weighted by Gasteiger charge is -2.17. The highest BCUT2D eigenvalue weighted by Crippen LogP contribution is 2.36. The minimum atomic E-state index is -0.774. The second-order valence-corrected chi connectivity index (χ2v) is 5.63. The summed E-state index contributed by atoms with van der Waals surface area (Å²) in [6.07, 6.45) is 0. The molecule has 0 aliphatic heterocycles. The molecule has 1 unspecified atom stereocenters. The Hall–Kier alpha value is -1.00. The molecule has 0 aromatic heterocycles. The fraction of sp³-hybridized carbons (Fsp3) is 0.200. The molecule has 2 rings (SSSR count). The van der Waals surface area contributed by atoms with E-state index in [0.29, 0.717) is 33.0 Å². The van der Waals surface area contributed by atoms with Crippen molar-refractivity contribution in [1.29, 1.82) is 0 Å². The van der Waals surface area contributed by atoms with E-state index in [1.165, 1.54) is 18.2 Å². The van der Waals surface area contributed by atoms with Gasteiger partial charge in [-0.1, -0.05) is 34.8 Å². The number of ether oxygens (including phenoxy) is 1. The molecule has 0 bridgehead atoms. The van der Waals surface area contributed by atoms with Crippen molar-refractivity contribution in [3.05, 3.63) is 62.3 Å². The predicted molar refractivity (Wildman–Crippen MR) is 85.1 cm³/mol. The summed E-state index contributed by atoms with van der Waals surface area (Å²) in [5.41, 5.74) is 6.86. The third-order valence-electron chi connectivity index (χ3n) is 2.98. The van der Waals surface area contributed by atoms with Gasteiger partial charge in [0.05, 0.1) is 17.7 Å². The van der Waals surface area contributed by atoms with Gasteiger partial charge >= 0.3 is 0 Å². The zero-order chi connectivity index (χ0) is 15.6. The lowest BCUT2D eigenvalue weighted by Crippen LogP contribution is -2.14. The summed E-state index contributed by atoms with van der Waals surface area (Å²) >= 11 is 18.2. The van der Waals surface area contributed by atoms with E-state index in [-0.39, 0.29) is 5.56 Å². The van der Waals surface area contributed by atoms with Crippen molar-refractivity contribution in [1.82, 2.24) is 0 Å². The molecule has 112 valence electrons. The third kappa shape index (κ3) is 3.61. The predicted octanol–water partition coefficient (Wildman–Crippen LogP) is 5.23. The number of hydrogen-bond acceptors (Lipinski definition) is 2. The number of nitrogens with two attached hydrogens (primary N) is 1. The van der Waals surface area contributed by atoms with Gasteiger partial charge in [0.1, 0.15) is 11.6 Å². The molecule has 0 amide bonds. The molecule has 0 saturated carbocycles. The first-order valence-corrected chi connectivity index (χ1v) is 7.39. The molecule has 2 N–H and O–H groups in total. The van der Waals surface area contributed by atoms with Crippen molar-refractivity contribution in [2.75, 3.05) is 6.61 Å². The first kappa shape index (κ1) is 16.4. The van der Waals surface area contributed by atoms with Crippen LogP contribution < -0.4 is 10.5 Å². The van der Waals surface area contributed by atoms with E-state index in [1.807, 2.05) is 6.92 Å². The topological polar surface area (TPSA) is 35.2 Å². The quantitative estimate of drug-likeness (QED) is 0.821. The number of benzene rings is 2. The van der Waals surface area contributed by atoms with Crippen LogP contribution in [0.25, 0.3) is 0 Å². The van der Waals surface area contributed by atoms with Crippen LogP contribution in [-0.4, -0.2) is 6.61 Å². The van der Waals surface area contributed by atoms with E-state index in [1.54, 1.807) is 12.1 Å². The number of hydrogen-bond donors (Lipinski definition) is 1. The molecule has 0 heterocycles. The Morgan fingerprint density at radius 1 is 1.10 bits per heavy atom. The minimum absolute atomic E-state index is 0.254. The van der Waals surface area contributed by atoms with Gasteiger partial charge < -0.3 is 10.5 Å². The Kier molecular flexibility index (Phi) is 5.33. The van der Waals surface area contributed by atoms with Gasteiger partial charge in [-0.3, -0.25) is 0 Å². The fourth-order valence-electron chi connectivity index (χ4n) is 1.97. The molecule has 0 aliphatic carbocycles. The maximum absolute atomic E-state index is 13.9. The second kappa shape index (κ2) is 6.84. The summed E-state index contributed by atoms with van der Waals surface area (Å²) in [5.74, 6) is 0.0136. The van der Waals surface area contributed by atoms with Crippen molar-refractivity contribution >= 4 is 34.8 Å². The molecule has 0 fully saturated rings. The highest BCUT2D eigenvalue weighted by atomic mass is 35.5. The average Bonchev–Trinajstić information content (AvgIpc) is 2.44. The third-order valence-corrected chi connectivity index (χ3v) is 3.84. The van der Waals surface area contributed by atoms with Crippen LogP contribution >= 0.6 is 34.8 Å². The Bertz CT molecular complexity index is 664. The van der Waals surface area contributed by atoms with E-state index in [9.17, 15) is 4.39 Å². The van der Waals surface area contributed by atoms with Crippen LogP contribution in [0.15, 0.2) is 30.3 Å². The Morgan fingerprint density at radius 2 is 1.81 bits per heavy atom.